The molecule has 0 bridgehead atoms. The van der Waals surface area contributed by atoms with Gasteiger partial charge >= 0.3 is 0 Å². The van der Waals surface area contributed by atoms with Crippen molar-refractivity contribution in [1.29, 1.82) is 0 Å². The fourth-order valence-electron chi connectivity index (χ4n) is 1.74. The van der Waals surface area contributed by atoms with Crippen LogP contribution in [0.15, 0.2) is 36.3 Å². The molecule has 1 aromatic carbocycles. The molecule has 7 heteroatoms. The molecule has 1 aromatic rings. The van der Waals surface area contributed by atoms with Gasteiger partial charge in [0.05, 0.1) is 11.5 Å². The fourth-order valence-corrected chi connectivity index (χ4v) is 1.74. The lowest BCUT2D eigenvalue weighted by Gasteiger charge is -2.10. The number of hydrogen-bond donors (Lipinski definition) is 3. The van der Waals surface area contributed by atoms with E-state index in [1.54, 1.807) is 7.05 Å². The molecular weight excluding hydrogens is 272 g/mol. The number of benzene rings is 1. The molecule has 0 aliphatic heterocycles. The van der Waals surface area contributed by atoms with Gasteiger partial charge in [-0.25, -0.2) is 0 Å². The molecule has 0 unspecified atom stereocenters. The Balaban J connectivity index is 2.28. The van der Waals surface area contributed by atoms with Crippen molar-refractivity contribution in [2.24, 2.45) is 0 Å². The molecule has 116 valence electrons. The second-order valence-electron chi connectivity index (χ2n) is 4.38. The minimum absolute atomic E-state index is 0.385. The average Bonchev–Trinajstić information content (AvgIpc) is 2.46. The molecule has 21 heavy (non-hydrogen) atoms. The van der Waals surface area contributed by atoms with E-state index < -0.39 is 4.92 Å². The maximum absolute atomic E-state index is 10.3. The molecule has 0 radical (unpaired) electrons. The molecule has 0 amide bonds. The lowest BCUT2D eigenvalue weighted by atomic mass is 10.2. The van der Waals surface area contributed by atoms with E-state index in [4.69, 9.17) is 4.74 Å². The summed E-state index contributed by atoms with van der Waals surface area (Å²) in [4.78, 5) is 9.85. The number of nitro groups is 1. The van der Waals surface area contributed by atoms with Gasteiger partial charge in [0.2, 0.25) is 0 Å². The summed E-state index contributed by atoms with van der Waals surface area (Å²) in [5.41, 5.74) is 1.17. The van der Waals surface area contributed by atoms with E-state index in [-0.39, 0.29) is 0 Å². The van der Waals surface area contributed by atoms with Crippen LogP contribution in [0.1, 0.15) is 12.0 Å². The Hall–Kier alpha value is -2.28. The van der Waals surface area contributed by atoms with Gasteiger partial charge in [0.1, 0.15) is 5.75 Å². The van der Waals surface area contributed by atoms with Crippen molar-refractivity contribution in [2.75, 3.05) is 27.2 Å². The number of ether oxygens (including phenoxy) is 1. The van der Waals surface area contributed by atoms with Crippen molar-refractivity contribution in [3.8, 4) is 5.75 Å². The number of rotatable bonds is 10. The molecule has 0 atom stereocenters. The lowest BCUT2D eigenvalue weighted by Crippen LogP contribution is -2.26. The van der Waals surface area contributed by atoms with Gasteiger partial charge < -0.3 is 20.7 Å². The van der Waals surface area contributed by atoms with E-state index in [0.717, 1.165) is 24.9 Å². The first-order chi connectivity index (χ1) is 10.2. The lowest BCUT2D eigenvalue weighted by molar-refractivity contribution is -0.404. The van der Waals surface area contributed by atoms with Gasteiger partial charge in [-0.2, -0.15) is 0 Å². The molecule has 1 rings (SSSR count). The van der Waals surface area contributed by atoms with Crippen LogP contribution in [0.5, 0.6) is 5.75 Å². The summed E-state index contributed by atoms with van der Waals surface area (Å²) in [6.45, 7) is 1.94. The van der Waals surface area contributed by atoms with Crippen molar-refractivity contribution < 1.29 is 9.66 Å². The maximum atomic E-state index is 10.3. The average molecular weight is 294 g/mol. The van der Waals surface area contributed by atoms with Gasteiger partial charge in [-0.15, -0.1) is 0 Å². The summed E-state index contributed by atoms with van der Waals surface area (Å²) < 4.78 is 5.65. The normalized spacial score (nSPS) is 11.0. The van der Waals surface area contributed by atoms with Crippen LogP contribution in [-0.4, -0.2) is 32.2 Å². The van der Waals surface area contributed by atoms with Crippen molar-refractivity contribution in [2.45, 2.75) is 13.0 Å². The molecule has 0 aromatic heterocycles. The molecule has 0 aliphatic rings. The van der Waals surface area contributed by atoms with Gasteiger partial charge in [0.25, 0.3) is 6.20 Å². The highest BCUT2D eigenvalue weighted by Gasteiger charge is 2.00. The minimum Gasteiger partial charge on any atom is -0.494 e. The van der Waals surface area contributed by atoms with Crippen LogP contribution in [0.3, 0.4) is 0 Å². The number of hydrogen-bond acceptors (Lipinski definition) is 6. The summed E-state index contributed by atoms with van der Waals surface area (Å²) in [6, 6.07) is 7.90. The second-order valence-corrected chi connectivity index (χ2v) is 4.38. The van der Waals surface area contributed by atoms with Crippen LogP contribution < -0.4 is 20.7 Å². The molecule has 0 saturated carbocycles. The second kappa shape index (κ2) is 9.60. The van der Waals surface area contributed by atoms with Crippen molar-refractivity contribution in [1.82, 2.24) is 16.0 Å². The first-order valence-electron chi connectivity index (χ1n) is 6.79. The Morgan fingerprint density at radius 1 is 1.43 bits per heavy atom. The molecule has 0 saturated heterocycles. The van der Waals surface area contributed by atoms with Gasteiger partial charge in [-0.3, -0.25) is 10.1 Å². The van der Waals surface area contributed by atoms with Gasteiger partial charge in [-0.1, -0.05) is 12.1 Å². The highest BCUT2D eigenvalue weighted by Crippen LogP contribution is 2.13. The molecule has 7 nitrogen and oxygen atoms in total. The molecular formula is C14H22N4O3. The smallest absolute Gasteiger partial charge is 0.274 e. The first-order valence-corrected chi connectivity index (χ1v) is 6.79. The largest absolute Gasteiger partial charge is 0.494 e. The zero-order valence-electron chi connectivity index (χ0n) is 12.4. The van der Waals surface area contributed by atoms with Crippen LogP contribution in [0.4, 0.5) is 0 Å². The van der Waals surface area contributed by atoms with E-state index in [1.807, 2.05) is 31.3 Å². The minimum atomic E-state index is -0.497. The number of nitrogens with zero attached hydrogens (tertiary/aromatic N) is 1. The highest BCUT2D eigenvalue weighted by molar-refractivity contribution is 5.28. The predicted octanol–water partition coefficient (Wildman–Crippen LogP) is 1.06. The molecule has 0 fully saturated rings. The van der Waals surface area contributed by atoms with Crippen molar-refractivity contribution in [3.63, 3.8) is 0 Å². The first kappa shape index (κ1) is 16.8. The summed E-state index contributed by atoms with van der Waals surface area (Å²) in [5.74, 6) is 1.22. The molecule has 0 aliphatic carbocycles. The van der Waals surface area contributed by atoms with Crippen molar-refractivity contribution in [3.05, 3.63) is 52.0 Å². The zero-order chi connectivity index (χ0) is 15.5. The summed E-state index contributed by atoms with van der Waals surface area (Å²) in [7, 11) is 3.53. The molecule has 0 heterocycles. The summed E-state index contributed by atoms with van der Waals surface area (Å²) in [5, 5.41) is 19.1. The quantitative estimate of drug-likeness (QED) is 0.340. The van der Waals surface area contributed by atoms with Gasteiger partial charge in [-0.05, 0) is 31.2 Å². The summed E-state index contributed by atoms with van der Waals surface area (Å²) >= 11 is 0. The highest BCUT2D eigenvalue weighted by atomic mass is 16.6. The Labute approximate surface area is 124 Å². The maximum Gasteiger partial charge on any atom is 0.274 e. The van der Waals surface area contributed by atoms with Crippen LogP contribution in [-0.2, 0) is 6.54 Å². The summed E-state index contributed by atoms with van der Waals surface area (Å²) in [6.07, 6.45) is 1.65. The van der Waals surface area contributed by atoms with Crippen LogP contribution >= 0.6 is 0 Å². The molecule has 0 spiro atoms. The SMILES string of the molecule is CNCc1cccc(OCCCN/C(=C\[N+](=O)[O-])NC)c1. The van der Waals surface area contributed by atoms with Crippen molar-refractivity contribution >= 4 is 0 Å². The van der Waals surface area contributed by atoms with Gasteiger partial charge in [0.15, 0.2) is 5.82 Å². The Bertz CT molecular complexity index is 477. The van der Waals surface area contributed by atoms with Crippen LogP contribution in [0, 0.1) is 10.1 Å². The Morgan fingerprint density at radius 3 is 2.90 bits per heavy atom. The van der Waals surface area contributed by atoms with E-state index in [9.17, 15) is 10.1 Å². The monoisotopic (exact) mass is 294 g/mol. The zero-order valence-corrected chi connectivity index (χ0v) is 12.4. The third-order valence-electron chi connectivity index (χ3n) is 2.69. The van der Waals surface area contributed by atoms with E-state index in [2.05, 4.69) is 16.0 Å². The van der Waals surface area contributed by atoms with E-state index in [1.165, 1.54) is 5.56 Å². The Morgan fingerprint density at radius 2 is 2.24 bits per heavy atom. The standard InChI is InChI=1S/C14H22N4O3/c1-15-10-12-5-3-6-13(9-12)21-8-4-7-17-14(16-2)11-18(19)20/h3,5-6,9,11,15-17H,4,7-8,10H2,1-2H3/b14-11-. The molecule has 3 N–H and O–H groups in total. The van der Waals surface area contributed by atoms with E-state index >= 15 is 0 Å². The van der Waals surface area contributed by atoms with Crippen LogP contribution in [0.2, 0.25) is 0 Å². The van der Waals surface area contributed by atoms with Crippen LogP contribution in [0.25, 0.3) is 0 Å². The van der Waals surface area contributed by atoms with Gasteiger partial charge in [0, 0.05) is 20.1 Å². The fraction of sp³-hybridized carbons (Fsp3) is 0.429. The Kier molecular flexibility index (Phi) is 7.67. The predicted molar refractivity (Wildman–Crippen MR) is 81.5 cm³/mol. The van der Waals surface area contributed by atoms with E-state index in [0.29, 0.717) is 19.0 Å². The third-order valence-corrected chi connectivity index (χ3v) is 2.69. The third kappa shape index (κ3) is 7.17. The topological polar surface area (TPSA) is 88.5 Å². The number of nitrogens with one attached hydrogen (secondary N) is 3.